The van der Waals surface area contributed by atoms with Crippen LogP contribution in [0.3, 0.4) is 0 Å². The fourth-order valence-electron chi connectivity index (χ4n) is 3.90. The molecule has 0 spiro atoms. The van der Waals surface area contributed by atoms with Crippen molar-refractivity contribution >= 4 is 28.4 Å². The van der Waals surface area contributed by atoms with Crippen molar-refractivity contribution < 1.29 is 35.9 Å². The molecule has 3 aromatic rings. The summed E-state index contributed by atoms with van der Waals surface area (Å²) in [6, 6.07) is 6.43. The molecule has 0 saturated carbocycles. The minimum Gasteiger partial charge on any atom is -0.494 e. The van der Waals surface area contributed by atoms with Crippen molar-refractivity contribution in [1.29, 1.82) is 0 Å². The van der Waals surface area contributed by atoms with Crippen LogP contribution in [0.1, 0.15) is 41.1 Å². The van der Waals surface area contributed by atoms with Crippen LogP contribution in [0.5, 0.6) is 5.75 Å². The third-order valence-corrected chi connectivity index (χ3v) is 6.71. The van der Waals surface area contributed by atoms with Crippen molar-refractivity contribution in [3.63, 3.8) is 0 Å². The van der Waals surface area contributed by atoms with E-state index in [1.165, 1.54) is 23.5 Å². The molecule has 2 N–H and O–H groups in total. The number of aromatic nitrogens is 4. The van der Waals surface area contributed by atoms with E-state index in [0.717, 1.165) is 17.7 Å². The van der Waals surface area contributed by atoms with Gasteiger partial charge in [0.05, 0.1) is 12.2 Å². The number of hydrogen-bond donors (Lipinski definition) is 2. The van der Waals surface area contributed by atoms with Gasteiger partial charge in [-0.2, -0.15) is 31.6 Å². The van der Waals surface area contributed by atoms with E-state index in [9.17, 15) is 31.1 Å². The Morgan fingerprint density at radius 3 is 2.42 bits per heavy atom. The first-order valence-corrected chi connectivity index (χ1v) is 11.5. The maximum atomic E-state index is 14.7. The number of carbonyl (C=O) groups excluding carboxylic acids is 1. The Labute approximate surface area is 204 Å². The van der Waals surface area contributed by atoms with Crippen molar-refractivity contribution in [2.75, 3.05) is 6.61 Å². The van der Waals surface area contributed by atoms with Gasteiger partial charge in [-0.05, 0) is 58.8 Å². The number of carbonyl (C=O) groups is 1. The van der Waals surface area contributed by atoms with Gasteiger partial charge >= 0.3 is 12.4 Å². The zero-order valence-corrected chi connectivity index (χ0v) is 19.4. The lowest BCUT2D eigenvalue weighted by Gasteiger charge is -2.41. The van der Waals surface area contributed by atoms with Crippen molar-refractivity contribution in [2.45, 2.75) is 44.1 Å². The van der Waals surface area contributed by atoms with Gasteiger partial charge in [-0.1, -0.05) is 12.1 Å². The number of alkyl halides is 6. The first kappa shape index (κ1) is 25.7. The molecule has 3 heterocycles. The van der Waals surface area contributed by atoms with Gasteiger partial charge in [-0.3, -0.25) is 4.79 Å². The van der Waals surface area contributed by atoms with Crippen LogP contribution in [-0.4, -0.2) is 45.5 Å². The van der Waals surface area contributed by atoms with Gasteiger partial charge in [0, 0.05) is 17.7 Å². The predicted octanol–water partition coefficient (Wildman–Crippen LogP) is 5.18. The van der Waals surface area contributed by atoms with E-state index in [0.29, 0.717) is 4.88 Å². The van der Waals surface area contributed by atoms with Crippen molar-refractivity contribution in [1.82, 2.24) is 25.9 Å². The van der Waals surface area contributed by atoms with Gasteiger partial charge in [0.1, 0.15) is 5.75 Å². The molecule has 192 valence electrons. The summed E-state index contributed by atoms with van der Waals surface area (Å²) in [5.74, 6) is -1.04. The molecule has 0 radical (unpaired) electrons. The van der Waals surface area contributed by atoms with E-state index in [4.69, 9.17) is 4.74 Å². The fraction of sp³-hybridized carbons (Fsp3) is 0.364. The van der Waals surface area contributed by atoms with Gasteiger partial charge in [0.2, 0.25) is 5.82 Å². The number of rotatable bonds is 7. The number of H-pyrrole nitrogens is 1. The molecular weight excluding hydrogens is 512 g/mol. The van der Waals surface area contributed by atoms with E-state index in [2.05, 4.69) is 25.9 Å². The van der Waals surface area contributed by atoms with Gasteiger partial charge < -0.3 is 10.1 Å². The van der Waals surface area contributed by atoms with E-state index < -0.39 is 36.6 Å². The van der Waals surface area contributed by atoms with Crippen LogP contribution in [-0.2, 0) is 10.3 Å². The van der Waals surface area contributed by atoms with Gasteiger partial charge in [0.15, 0.2) is 5.54 Å². The Hall–Kier alpha value is -3.42. The van der Waals surface area contributed by atoms with Crippen molar-refractivity contribution in [3.05, 3.63) is 57.5 Å². The predicted molar refractivity (Wildman–Crippen MR) is 118 cm³/mol. The Bertz CT molecular complexity index is 1250. The Morgan fingerprint density at radius 1 is 1.14 bits per heavy atom. The highest BCUT2D eigenvalue weighted by Gasteiger charge is 2.60. The molecule has 0 bridgehead atoms. The standard InChI is InChI=1S/C22H19F6N5O2S/c1-12-9-16(36-11-12)15-10-20(22(26,27)28,29-19(34)17(15)18-30-32-33-31-18)13-3-5-14(6-4-13)35-8-2-7-21(23,24)25/h3-6,9,11H,2,7-8,10H2,1H3,(H,29,34)(H,30,31,32,33). The van der Waals surface area contributed by atoms with E-state index in [-0.39, 0.29) is 41.3 Å². The molecule has 1 aliphatic rings. The van der Waals surface area contributed by atoms with Crippen LogP contribution in [0.15, 0.2) is 35.7 Å². The van der Waals surface area contributed by atoms with Crippen molar-refractivity contribution in [2.24, 2.45) is 0 Å². The average molecular weight is 531 g/mol. The first-order chi connectivity index (χ1) is 16.9. The maximum absolute atomic E-state index is 14.7. The topological polar surface area (TPSA) is 92.8 Å². The quantitative estimate of drug-likeness (QED) is 0.324. The monoisotopic (exact) mass is 531 g/mol. The van der Waals surface area contributed by atoms with Crippen molar-refractivity contribution in [3.8, 4) is 5.75 Å². The Kier molecular flexibility index (Phi) is 6.82. The van der Waals surface area contributed by atoms with E-state index in [1.54, 1.807) is 18.4 Å². The molecule has 2 aromatic heterocycles. The summed E-state index contributed by atoms with van der Waals surface area (Å²) in [4.78, 5) is 13.6. The summed E-state index contributed by atoms with van der Waals surface area (Å²) in [6.07, 6.45) is -11.2. The van der Waals surface area contributed by atoms with Crippen LogP contribution in [0.2, 0.25) is 0 Å². The summed E-state index contributed by atoms with van der Waals surface area (Å²) in [6.45, 7) is 1.53. The number of nitrogens with one attached hydrogen (secondary N) is 2. The number of amides is 1. The number of benzene rings is 1. The van der Waals surface area contributed by atoms with Gasteiger partial charge in [-0.25, -0.2) is 0 Å². The molecule has 0 fully saturated rings. The number of tetrazole rings is 1. The maximum Gasteiger partial charge on any atom is 0.416 e. The van der Waals surface area contributed by atoms with Crippen LogP contribution < -0.4 is 10.1 Å². The summed E-state index contributed by atoms with van der Waals surface area (Å²) in [5.41, 5.74) is -2.23. The molecule has 14 heteroatoms. The number of halogens is 6. The smallest absolute Gasteiger partial charge is 0.416 e. The second-order valence-corrected chi connectivity index (χ2v) is 9.11. The summed E-state index contributed by atoms with van der Waals surface area (Å²) < 4.78 is 86.1. The number of ether oxygens (including phenoxy) is 1. The van der Waals surface area contributed by atoms with Crippen LogP contribution >= 0.6 is 11.3 Å². The van der Waals surface area contributed by atoms with Gasteiger partial charge in [-0.15, -0.1) is 21.5 Å². The molecule has 36 heavy (non-hydrogen) atoms. The lowest BCUT2D eigenvalue weighted by atomic mass is 9.77. The number of nitrogens with zero attached hydrogens (tertiary/aromatic N) is 3. The molecule has 1 aliphatic heterocycles. The Balaban J connectivity index is 1.69. The molecular formula is C22H19F6N5O2S. The highest BCUT2D eigenvalue weighted by molar-refractivity contribution is 7.11. The third-order valence-electron chi connectivity index (χ3n) is 5.60. The lowest BCUT2D eigenvalue weighted by Crippen LogP contribution is -2.58. The van der Waals surface area contributed by atoms with Crippen LogP contribution in [0.4, 0.5) is 26.3 Å². The third kappa shape index (κ3) is 5.22. The second-order valence-electron chi connectivity index (χ2n) is 8.20. The average Bonchev–Trinajstić information content (AvgIpc) is 3.47. The number of thiophene rings is 1. The molecule has 0 saturated heterocycles. The normalized spacial score (nSPS) is 18.9. The molecule has 1 aromatic carbocycles. The number of aryl methyl sites for hydroxylation is 1. The fourth-order valence-corrected chi connectivity index (χ4v) is 4.85. The van der Waals surface area contributed by atoms with E-state index in [1.807, 2.05) is 0 Å². The number of aromatic amines is 1. The molecule has 4 rings (SSSR count). The zero-order valence-electron chi connectivity index (χ0n) is 18.6. The minimum absolute atomic E-state index is 0.109. The molecule has 7 nitrogen and oxygen atoms in total. The first-order valence-electron chi connectivity index (χ1n) is 10.6. The lowest BCUT2D eigenvalue weighted by molar-refractivity contribution is -0.201. The second kappa shape index (κ2) is 9.56. The molecule has 1 amide bonds. The van der Waals surface area contributed by atoms with Crippen LogP contribution in [0, 0.1) is 6.92 Å². The molecule has 1 unspecified atom stereocenters. The minimum atomic E-state index is -4.90. The highest BCUT2D eigenvalue weighted by atomic mass is 32.1. The highest BCUT2D eigenvalue weighted by Crippen LogP contribution is 2.50. The largest absolute Gasteiger partial charge is 0.494 e. The Morgan fingerprint density at radius 2 is 1.86 bits per heavy atom. The van der Waals surface area contributed by atoms with Crippen LogP contribution in [0.25, 0.3) is 11.1 Å². The zero-order chi connectivity index (χ0) is 26.1. The summed E-state index contributed by atoms with van der Waals surface area (Å²) in [5, 5.41) is 17.1. The molecule has 1 atom stereocenters. The van der Waals surface area contributed by atoms with Gasteiger partial charge in [0.25, 0.3) is 5.91 Å². The van der Waals surface area contributed by atoms with E-state index >= 15 is 0 Å². The SMILES string of the molecule is Cc1csc(C2=C(c3nn[nH]n3)C(=O)NC(c3ccc(OCCCC(F)(F)F)cc3)(C(F)(F)F)C2)c1. The summed E-state index contributed by atoms with van der Waals surface area (Å²) in [7, 11) is 0. The summed E-state index contributed by atoms with van der Waals surface area (Å²) >= 11 is 1.19. The molecule has 0 aliphatic carbocycles. The number of hydrogen-bond acceptors (Lipinski definition) is 6.